The summed E-state index contributed by atoms with van der Waals surface area (Å²) in [6.07, 6.45) is 0. The molecule has 0 bridgehead atoms. The minimum Gasteiger partial charge on any atom is -0.264 e. The predicted octanol–water partition coefficient (Wildman–Crippen LogP) is 0.844. The third-order valence-electron chi connectivity index (χ3n) is 3.96. The summed E-state index contributed by atoms with van der Waals surface area (Å²) in [4.78, 5) is 31.0. The van der Waals surface area contributed by atoms with Crippen molar-refractivity contribution in [1.82, 2.24) is 0 Å². The fraction of sp³-hybridized carbons (Fsp3) is 1.00. The van der Waals surface area contributed by atoms with Gasteiger partial charge in [0.15, 0.2) is 0 Å². The Labute approximate surface area is 103 Å². The maximum Gasteiger partial charge on any atom is 0.231 e. The topological polar surface area (TPSA) is 129 Å². The molecular weight excluding hydrogens is 246 g/mol. The van der Waals surface area contributed by atoms with Gasteiger partial charge in [-0.15, -0.1) is 0 Å². The highest BCUT2D eigenvalue weighted by atomic mass is 16.6. The van der Waals surface area contributed by atoms with Crippen molar-refractivity contribution >= 4 is 0 Å². The maximum atomic E-state index is 11.0. The molecule has 1 fully saturated rings. The van der Waals surface area contributed by atoms with Crippen molar-refractivity contribution in [3.63, 3.8) is 0 Å². The smallest absolute Gasteiger partial charge is 0.231 e. The van der Waals surface area contributed by atoms with Crippen LogP contribution >= 0.6 is 0 Å². The van der Waals surface area contributed by atoms with Crippen molar-refractivity contribution in [3.05, 3.63) is 30.3 Å². The van der Waals surface area contributed by atoms with E-state index in [1.165, 1.54) is 20.8 Å². The Morgan fingerprint density at radius 1 is 0.611 bits per heavy atom. The van der Waals surface area contributed by atoms with Crippen molar-refractivity contribution in [3.8, 4) is 0 Å². The van der Waals surface area contributed by atoms with E-state index in [4.69, 9.17) is 0 Å². The Balaban J connectivity index is 3.22. The SMILES string of the molecule is CC1C([N+](=O)[O-])C(C)C([N+](=O)[O-])C(C)C1[N+](=O)[O-]. The van der Waals surface area contributed by atoms with Gasteiger partial charge in [-0.3, -0.25) is 30.3 Å². The van der Waals surface area contributed by atoms with Crippen LogP contribution in [0.15, 0.2) is 0 Å². The second-order valence-corrected chi connectivity index (χ2v) is 4.91. The Kier molecular flexibility index (Phi) is 3.82. The fourth-order valence-corrected chi connectivity index (χ4v) is 3.19. The van der Waals surface area contributed by atoms with Gasteiger partial charge in [0.2, 0.25) is 18.1 Å². The van der Waals surface area contributed by atoms with Gasteiger partial charge in [0.25, 0.3) is 0 Å². The summed E-state index contributed by atoms with van der Waals surface area (Å²) in [5, 5.41) is 32.9. The molecule has 1 saturated carbocycles. The molecule has 0 aromatic carbocycles. The summed E-state index contributed by atoms with van der Waals surface area (Å²) >= 11 is 0. The average Bonchev–Trinajstić information content (AvgIpc) is 2.14. The lowest BCUT2D eigenvalue weighted by atomic mass is 9.67. The van der Waals surface area contributed by atoms with Gasteiger partial charge in [-0.2, -0.15) is 0 Å². The van der Waals surface area contributed by atoms with E-state index in [0.29, 0.717) is 0 Å². The molecular formula is C9H15N3O6. The second-order valence-electron chi connectivity index (χ2n) is 4.91. The van der Waals surface area contributed by atoms with Crippen LogP contribution < -0.4 is 0 Å². The molecule has 0 aliphatic heterocycles. The Morgan fingerprint density at radius 2 is 0.778 bits per heavy atom. The molecule has 102 valence electrons. The normalized spacial score (nSPS) is 40.2. The molecule has 1 aliphatic carbocycles. The first kappa shape index (κ1) is 14.3. The van der Waals surface area contributed by atoms with Crippen LogP contribution in [0.1, 0.15) is 20.8 Å². The summed E-state index contributed by atoms with van der Waals surface area (Å²) in [5.41, 5.74) is 0. The van der Waals surface area contributed by atoms with Gasteiger partial charge in [0.1, 0.15) is 0 Å². The number of rotatable bonds is 3. The molecule has 0 aromatic rings. The molecule has 0 amide bonds. The fourth-order valence-electron chi connectivity index (χ4n) is 3.19. The molecule has 1 rings (SSSR count). The van der Waals surface area contributed by atoms with Gasteiger partial charge < -0.3 is 0 Å². The minimum atomic E-state index is -1.26. The molecule has 0 N–H and O–H groups in total. The zero-order valence-corrected chi connectivity index (χ0v) is 10.3. The highest BCUT2D eigenvalue weighted by Gasteiger charge is 2.61. The molecule has 9 nitrogen and oxygen atoms in total. The minimum absolute atomic E-state index is 0.631. The van der Waals surface area contributed by atoms with Gasteiger partial charge in [0.05, 0.1) is 17.8 Å². The number of hydrogen-bond donors (Lipinski definition) is 0. The van der Waals surface area contributed by atoms with Crippen LogP contribution in [0.5, 0.6) is 0 Å². The van der Waals surface area contributed by atoms with Crippen molar-refractivity contribution in [2.75, 3.05) is 0 Å². The third-order valence-corrected chi connectivity index (χ3v) is 3.96. The van der Waals surface area contributed by atoms with Crippen LogP contribution in [0, 0.1) is 48.1 Å². The van der Waals surface area contributed by atoms with E-state index in [9.17, 15) is 30.3 Å². The molecule has 0 heterocycles. The first-order valence-corrected chi connectivity index (χ1v) is 5.60. The monoisotopic (exact) mass is 261 g/mol. The summed E-state index contributed by atoms with van der Waals surface area (Å²) in [5.74, 6) is -2.47. The molecule has 0 radical (unpaired) electrons. The summed E-state index contributed by atoms with van der Waals surface area (Å²) in [6.45, 7) is 4.26. The lowest BCUT2D eigenvalue weighted by Gasteiger charge is -2.35. The van der Waals surface area contributed by atoms with E-state index < -0.39 is 50.6 Å². The molecule has 9 heteroatoms. The third kappa shape index (κ3) is 2.12. The van der Waals surface area contributed by atoms with Gasteiger partial charge in [-0.05, 0) is 20.8 Å². The first-order chi connectivity index (χ1) is 8.20. The summed E-state index contributed by atoms with van der Waals surface area (Å²) in [7, 11) is 0. The second kappa shape index (κ2) is 4.83. The lowest BCUT2D eigenvalue weighted by Crippen LogP contribution is -2.59. The van der Waals surface area contributed by atoms with E-state index >= 15 is 0 Å². The van der Waals surface area contributed by atoms with Gasteiger partial charge in [-0.25, -0.2) is 0 Å². The van der Waals surface area contributed by atoms with Crippen molar-refractivity contribution in [2.45, 2.75) is 38.9 Å². The van der Waals surface area contributed by atoms with Gasteiger partial charge in [0, 0.05) is 14.8 Å². The number of nitrogens with zero attached hydrogens (tertiary/aromatic N) is 3. The molecule has 0 aromatic heterocycles. The van der Waals surface area contributed by atoms with E-state index in [1.54, 1.807) is 0 Å². The van der Waals surface area contributed by atoms with Crippen molar-refractivity contribution < 1.29 is 14.8 Å². The van der Waals surface area contributed by atoms with Crippen LogP contribution in [0.25, 0.3) is 0 Å². The maximum absolute atomic E-state index is 11.0. The van der Waals surface area contributed by atoms with E-state index in [2.05, 4.69) is 0 Å². The quantitative estimate of drug-likeness (QED) is 0.546. The first-order valence-electron chi connectivity index (χ1n) is 5.60. The zero-order chi connectivity index (χ0) is 14.2. The van der Waals surface area contributed by atoms with Crippen LogP contribution in [0.4, 0.5) is 0 Å². The molecule has 0 saturated heterocycles. The largest absolute Gasteiger partial charge is 0.264 e. The van der Waals surface area contributed by atoms with Crippen molar-refractivity contribution in [1.29, 1.82) is 0 Å². The van der Waals surface area contributed by atoms with Gasteiger partial charge in [-0.1, -0.05) is 0 Å². The summed E-state index contributed by atoms with van der Waals surface area (Å²) in [6, 6.07) is -3.77. The van der Waals surface area contributed by atoms with E-state index in [-0.39, 0.29) is 0 Å². The highest BCUT2D eigenvalue weighted by Crippen LogP contribution is 2.38. The number of hydrogen-bond acceptors (Lipinski definition) is 6. The number of nitro groups is 3. The molecule has 0 atom stereocenters. The molecule has 18 heavy (non-hydrogen) atoms. The predicted molar refractivity (Wildman–Crippen MR) is 59.8 cm³/mol. The van der Waals surface area contributed by atoms with Gasteiger partial charge >= 0.3 is 0 Å². The van der Waals surface area contributed by atoms with Crippen molar-refractivity contribution in [2.24, 2.45) is 17.8 Å². The standard InChI is InChI=1S/C9H15N3O6/c1-4-7(10(13)14)5(2)9(12(17)18)6(3)8(4)11(15)16/h4-9H,1-3H3. The van der Waals surface area contributed by atoms with E-state index in [1.807, 2.05) is 0 Å². The lowest BCUT2D eigenvalue weighted by molar-refractivity contribution is -0.636. The molecule has 0 spiro atoms. The molecule has 0 unspecified atom stereocenters. The Hall–Kier alpha value is -1.80. The zero-order valence-electron chi connectivity index (χ0n) is 10.3. The highest BCUT2D eigenvalue weighted by molar-refractivity contribution is 4.93. The van der Waals surface area contributed by atoms with Crippen LogP contribution in [-0.4, -0.2) is 32.9 Å². The van der Waals surface area contributed by atoms with E-state index in [0.717, 1.165) is 0 Å². The average molecular weight is 261 g/mol. The Morgan fingerprint density at radius 3 is 0.889 bits per heavy atom. The van der Waals surface area contributed by atoms with Crippen LogP contribution in [0.2, 0.25) is 0 Å². The van der Waals surface area contributed by atoms with Crippen LogP contribution in [0.3, 0.4) is 0 Å². The van der Waals surface area contributed by atoms with Crippen LogP contribution in [-0.2, 0) is 0 Å². The Bertz CT molecular complexity index is 317. The molecule has 1 aliphatic rings. The summed E-state index contributed by atoms with van der Waals surface area (Å²) < 4.78 is 0.